The number of H-pyrrole nitrogens is 1. The monoisotopic (exact) mass is 336 g/mol. The molecule has 7 nitrogen and oxygen atoms in total. The fourth-order valence-corrected chi connectivity index (χ4v) is 3.59. The van der Waals surface area contributed by atoms with Gasteiger partial charge in [-0.15, -0.1) is 0 Å². The number of hydrogen-bond donors (Lipinski definition) is 2. The van der Waals surface area contributed by atoms with Gasteiger partial charge in [0.05, 0.1) is 19.3 Å². The molecule has 2 N–H and O–H groups in total. The number of aliphatic hydroxyl groups is 1. The van der Waals surface area contributed by atoms with Gasteiger partial charge in [0, 0.05) is 20.4 Å². The predicted molar refractivity (Wildman–Crippen MR) is 87.2 cm³/mol. The molecular weight excluding hydrogens is 312 g/mol. The Morgan fingerprint density at radius 3 is 2.88 bits per heavy atom. The van der Waals surface area contributed by atoms with Crippen molar-refractivity contribution in [1.29, 1.82) is 0 Å². The lowest BCUT2D eigenvalue weighted by Gasteiger charge is -2.39. The van der Waals surface area contributed by atoms with Gasteiger partial charge in [-0.25, -0.2) is 0 Å². The molecule has 3 rings (SSSR count). The molecule has 0 spiro atoms. The van der Waals surface area contributed by atoms with E-state index in [1.807, 2.05) is 0 Å². The van der Waals surface area contributed by atoms with Crippen molar-refractivity contribution in [1.82, 2.24) is 9.88 Å². The summed E-state index contributed by atoms with van der Waals surface area (Å²) in [4.78, 5) is 29.4. The maximum Gasteiger partial charge on any atom is 0.261 e. The highest BCUT2D eigenvalue weighted by atomic mass is 16.5. The zero-order valence-electron chi connectivity index (χ0n) is 14.1. The van der Waals surface area contributed by atoms with Gasteiger partial charge in [0.25, 0.3) is 11.5 Å². The number of carbonyl (C=O) groups is 1. The molecule has 0 bridgehead atoms. The largest absolute Gasteiger partial charge is 0.388 e. The first-order chi connectivity index (χ1) is 11.5. The molecule has 132 valence electrons. The Balaban J connectivity index is 1.90. The Morgan fingerprint density at radius 1 is 1.38 bits per heavy atom. The first kappa shape index (κ1) is 17.1. The van der Waals surface area contributed by atoms with Gasteiger partial charge in [-0.3, -0.25) is 9.59 Å². The zero-order chi connectivity index (χ0) is 17.3. The molecule has 1 aromatic heterocycles. The van der Waals surface area contributed by atoms with Gasteiger partial charge in [0.2, 0.25) is 0 Å². The fourth-order valence-electron chi connectivity index (χ4n) is 3.59. The summed E-state index contributed by atoms with van der Waals surface area (Å²) in [6, 6.07) is -0.546. The number of rotatable bonds is 3. The van der Waals surface area contributed by atoms with Crippen LogP contribution in [0.3, 0.4) is 0 Å². The maximum absolute atomic E-state index is 13.0. The van der Waals surface area contributed by atoms with Crippen LogP contribution in [0.1, 0.15) is 34.3 Å². The lowest BCUT2D eigenvalue weighted by Crippen LogP contribution is -2.57. The van der Waals surface area contributed by atoms with Gasteiger partial charge in [-0.05, 0) is 36.8 Å². The number of nitrogens with one attached hydrogen (secondary N) is 1. The topological polar surface area (TPSA) is 91.9 Å². The number of aryl methyl sites for hydroxylation is 1. The average Bonchev–Trinajstić information content (AvgIpc) is 2.60. The van der Waals surface area contributed by atoms with Crippen molar-refractivity contribution in [3.8, 4) is 0 Å². The number of amides is 1. The van der Waals surface area contributed by atoms with Crippen LogP contribution in [0.15, 0.2) is 11.0 Å². The molecule has 0 aromatic carbocycles. The minimum atomic E-state index is -0.851. The molecule has 3 atom stereocenters. The maximum atomic E-state index is 13.0. The van der Waals surface area contributed by atoms with E-state index < -0.39 is 18.2 Å². The number of aromatic nitrogens is 1. The zero-order valence-corrected chi connectivity index (χ0v) is 14.1. The van der Waals surface area contributed by atoms with E-state index in [-0.39, 0.29) is 30.2 Å². The van der Waals surface area contributed by atoms with Crippen LogP contribution in [0, 0.1) is 0 Å². The Bertz CT molecular complexity index is 671. The Morgan fingerprint density at radius 2 is 2.12 bits per heavy atom. The minimum absolute atomic E-state index is 0.196. The van der Waals surface area contributed by atoms with E-state index in [1.165, 1.54) is 12.0 Å². The predicted octanol–water partition coefficient (Wildman–Crippen LogP) is 0.100. The number of aromatic amines is 1. The summed E-state index contributed by atoms with van der Waals surface area (Å²) in [5.41, 5.74) is 1.70. The Hall–Kier alpha value is -1.70. The summed E-state index contributed by atoms with van der Waals surface area (Å²) in [6.45, 7) is 0.508. The van der Waals surface area contributed by atoms with Crippen LogP contribution in [0.4, 0.5) is 0 Å². The van der Waals surface area contributed by atoms with Gasteiger partial charge in [0.15, 0.2) is 0 Å². The molecule has 0 unspecified atom stereocenters. The number of likely N-dealkylation sites (N-methyl/N-ethyl adjacent to an activating group) is 1. The van der Waals surface area contributed by atoms with Crippen LogP contribution in [0.2, 0.25) is 0 Å². The lowest BCUT2D eigenvalue weighted by molar-refractivity contribution is -0.135. The third kappa shape index (κ3) is 2.99. The number of fused-ring (bicyclic) bond motifs is 1. The van der Waals surface area contributed by atoms with Gasteiger partial charge in [-0.1, -0.05) is 0 Å². The number of hydrogen-bond acceptors (Lipinski definition) is 5. The van der Waals surface area contributed by atoms with Crippen LogP contribution in [0.5, 0.6) is 0 Å². The number of carbonyl (C=O) groups excluding carboxylic acids is 1. The van der Waals surface area contributed by atoms with Crippen molar-refractivity contribution in [3.05, 3.63) is 33.2 Å². The molecule has 1 saturated heterocycles. The summed E-state index contributed by atoms with van der Waals surface area (Å²) in [6.07, 6.45) is 4.02. The smallest absolute Gasteiger partial charge is 0.261 e. The molecule has 2 heterocycles. The van der Waals surface area contributed by atoms with Crippen molar-refractivity contribution in [2.24, 2.45) is 0 Å². The minimum Gasteiger partial charge on any atom is -0.388 e. The van der Waals surface area contributed by atoms with E-state index in [9.17, 15) is 14.7 Å². The van der Waals surface area contributed by atoms with Crippen molar-refractivity contribution >= 4 is 5.91 Å². The fraction of sp³-hybridized carbons (Fsp3) is 0.647. The van der Waals surface area contributed by atoms with Crippen molar-refractivity contribution in [3.63, 3.8) is 0 Å². The Labute approximate surface area is 140 Å². The van der Waals surface area contributed by atoms with Crippen LogP contribution >= 0.6 is 0 Å². The van der Waals surface area contributed by atoms with Gasteiger partial charge in [0.1, 0.15) is 17.8 Å². The van der Waals surface area contributed by atoms with E-state index in [0.717, 1.165) is 36.8 Å². The van der Waals surface area contributed by atoms with Crippen molar-refractivity contribution in [2.75, 3.05) is 27.4 Å². The molecule has 1 aliphatic heterocycles. The molecular formula is C17H24N2O5. The third-order valence-electron chi connectivity index (χ3n) is 5.10. The van der Waals surface area contributed by atoms with Crippen LogP contribution in [-0.4, -0.2) is 66.5 Å². The number of nitrogens with zero attached hydrogens (tertiary/aromatic N) is 1. The summed E-state index contributed by atoms with van der Waals surface area (Å²) in [5, 5.41) is 10.4. The first-order valence-corrected chi connectivity index (χ1v) is 8.33. The van der Waals surface area contributed by atoms with E-state index in [4.69, 9.17) is 9.47 Å². The van der Waals surface area contributed by atoms with Gasteiger partial charge < -0.3 is 24.5 Å². The van der Waals surface area contributed by atoms with Crippen molar-refractivity contribution in [2.45, 2.75) is 43.9 Å². The molecule has 7 heteroatoms. The first-order valence-electron chi connectivity index (χ1n) is 8.33. The van der Waals surface area contributed by atoms with E-state index >= 15 is 0 Å². The molecule has 1 aromatic rings. The van der Waals surface area contributed by atoms with Crippen LogP contribution in [-0.2, 0) is 22.3 Å². The van der Waals surface area contributed by atoms with E-state index in [0.29, 0.717) is 0 Å². The number of pyridine rings is 1. The molecule has 0 radical (unpaired) electrons. The van der Waals surface area contributed by atoms with E-state index in [1.54, 1.807) is 13.2 Å². The quantitative estimate of drug-likeness (QED) is 0.817. The van der Waals surface area contributed by atoms with Crippen LogP contribution in [0.25, 0.3) is 0 Å². The molecule has 1 aliphatic carbocycles. The lowest BCUT2D eigenvalue weighted by atomic mass is 9.89. The highest BCUT2D eigenvalue weighted by molar-refractivity contribution is 5.95. The summed E-state index contributed by atoms with van der Waals surface area (Å²) < 4.78 is 10.6. The normalized spacial score (nSPS) is 26.7. The molecule has 24 heavy (non-hydrogen) atoms. The molecule has 0 saturated carbocycles. The SMILES string of the molecule is CO[C@@H]1COC[C@@H](N(C)C(=O)c2c3c(c[nH]c2=O)CCCC3)[C@@H]1O. The molecule has 1 fully saturated rings. The highest BCUT2D eigenvalue weighted by Gasteiger charge is 2.38. The second kappa shape index (κ2) is 7.04. The third-order valence-corrected chi connectivity index (χ3v) is 5.10. The van der Waals surface area contributed by atoms with Gasteiger partial charge >= 0.3 is 0 Å². The number of ether oxygens (including phenoxy) is 2. The summed E-state index contributed by atoms with van der Waals surface area (Å²) >= 11 is 0. The number of aliphatic hydroxyl groups excluding tert-OH is 1. The Kier molecular flexibility index (Phi) is 5.03. The molecule has 1 amide bonds. The van der Waals surface area contributed by atoms with E-state index in [2.05, 4.69) is 4.98 Å². The standard InChI is InChI=1S/C17H24N2O5/c1-19(12-8-24-9-13(23-2)15(12)20)17(22)14-11-6-4-3-5-10(11)7-18-16(14)21/h7,12-13,15,20H,3-6,8-9H2,1-2H3,(H,18,21)/t12-,13-,15+/m1/s1. The summed E-state index contributed by atoms with van der Waals surface area (Å²) in [7, 11) is 3.10. The number of methoxy groups -OCH3 is 1. The highest BCUT2D eigenvalue weighted by Crippen LogP contribution is 2.24. The second-order valence-electron chi connectivity index (χ2n) is 6.49. The van der Waals surface area contributed by atoms with Gasteiger partial charge in [-0.2, -0.15) is 0 Å². The summed E-state index contributed by atoms with van der Waals surface area (Å²) in [5.74, 6) is -0.376. The van der Waals surface area contributed by atoms with Crippen LogP contribution < -0.4 is 5.56 Å². The second-order valence-corrected chi connectivity index (χ2v) is 6.49. The van der Waals surface area contributed by atoms with Crippen molar-refractivity contribution < 1.29 is 19.4 Å². The molecule has 2 aliphatic rings. The average molecular weight is 336 g/mol.